The second-order valence-corrected chi connectivity index (χ2v) is 15.2. The lowest BCUT2D eigenvalue weighted by Crippen LogP contribution is -2.51. The van der Waals surface area contributed by atoms with Gasteiger partial charge in [0.1, 0.15) is 11.9 Å². The number of carbonyl (C=O) groups excluding carboxylic acids is 2. The van der Waals surface area contributed by atoms with Crippen LogP contribution in [-0.2, 0) is 11.2 Å². The van der Waals surface area contributed by atoms with Gasteiger partial charge in [0.05, 0.1) is 6.10 Å². The molecule has 46 heavy (non-hydrogen) atoms. The summed E-state index contributed by atoms with van der Waals surface area (Å²) in [6.07, 6.45) is 11.6. The SMILES string of the molecule is CC(=O)Nc1ccc(C(=O)N(CCCCC[C@@H]2Cc3cc(O)ccc3[C@@H]3[C@@H]2[C@@H]2CC[C@H](O)[C@@]2(C)C[C@@H]3F)CC2CCCCC2)cc1. The van der Waals surface area contributed by atoms with E-state index in [1.165, 1.54) is 39.0 Å². The molecule has 6 rings (SSSR count). The zero-order valence-corrected chi connectivity index (χ0v) is 27.7. The monoisotopic (exact) mass is 632 g/mol. The van der Waals surface area contributed by atoms with E-state index in [2.05, 4.69) is 17.1 Å². The number of hydrogen-bond donors (Lipinski definition) is 3. The lowest BCUT2D eigenvalue weighted by molar-refractivity contribution is -0.114. The largest absolute Gasteiger partial charge is 0.508 e. The topological polar surface area (TPSA) is 89.9 Å². The molecule has 0 radical (unpaired) electrons. The zero-order valence-electron chi connectivity index (χ0n) is 27.7. The minimum absolute atomic E-state index is 0.0572. The summed E-state index contributed by atoms with van der Waals surface area (Å²) in [4.78, 5) is 27.2. The average molecular weight is 633 g/mol. The first-order valence-corrected chi connectivity index (χ1v) is 17.9. The fraction of sp³-hybridized carbons (Fsp3) is 0.641. The lowest BCUT2D eigenvalue weighted by atomic mass is 9.51. The van der Waals surface area contributed by atoms with Gasteiger partial charge in [-0.25, -0.2) is 4.39 Å². The Morgan fingerprint density at radius 2 is 1.76 bits per heavy atom. The van der Waals surface area contributed by atoms with Crippen LogP contribution in [0.2, 0.25) is 0 Å². The Morgan fingerprint density at radius 1 is 1.00 bits per heavy atom. The van der Waals surface area contributed by atoms with Crippen molar-refractivity contribution in [2.24, 2.45) is 29.1 Å². The third kappa shape index (κ3) is 6.86. The number of aliphatic hydroxyl groups excluding tert-OH is 1. The fourth-order valence-corrected chi connectivity index (χ4v) is 9.96. The number of phenolic OH excluding ortho intramolecular Hbond substituents is 1. The second kappa shape index (κ2) is 14.0. The first-order chi connectivity index (χ1) is 22.1. The molecule has 0 spiro atoms. The van der Waals surface area contributed by atoms with Crippen molar-refractivity contribution in [1.82, 2.24) is 4.90 Å². The number of anilines is 1. The Labute approximate surface area is 274 Å². The Bertz CT molecular complexity index is 1370. The molecule has 2 aromatic rings. The minimum Gasteiger partial charge on any atom is -0.508 e. The van der Waals surface area contributed by atoms with Gasteiger partial charge in [0.2, 0.25) is 5.91 Å². The van der Waals surface area contributed by atoms with Gasteiger partial charge in [-0.05, 0) is 128 Å². The highest BCUT2D eigenvalue weighted by Gasteiger charge is 2.59. The molecule has 0 heterocycles. The molecule has 2 amide bonds. The third-order valence-electron chi connectivity index (χ3n) is 12.2. The van der Waals surface area contributed by atoms with E-state index in [-0.39, 0.29) is 34.8 Å². The Hall–Kier alpha value is -2.93. The van der Waals surface area contributed by atoms with Crippen LogP contribution in [0.15, 0.2) is 42.5 Å². The number of unbranched alkanes of at least 4 members (excludes halogenated alkanes) is 2. The standard InChI is InChI=1S/C39H53FN2O4/c1-25(43)41-30-14-12-27(13-15-30)38(46)42(24-26-9-5-3-6-10-26)20-8-4-7-11-28-21-29-22-31(44)16-17-32(29)37-34(40)23-39(2)33(36(28)37)18-19-35(39)45/h12-17,22,26,28,33-37,44-45H,3-11,18-21,23-24H2,1-2H3,(H,41,43)/t28-,33+,34+,35+,36+,37+,39+/m1/s1. The van der Waals surface area contributed by atoms with Crippen molar-refractivity contribution in [3.63, 3.8) is 0 Å². The van der Waals surface area contributed by atoms with Crippen LogP contribution in [0.1, 0.15) is 118 Å². The summed E-state index contributed by atoms with van der Waals surface area (Å²) in [5.74, 6) is 1.38. The van der Waals surface area contributed by atoms with E-state index in [9.17, 15) is 19.8 Å². The van der Waals surface area contributed by atoms with Gasteiger partial charge in [0.25, 0.3) is 5.91 Å². The highest BCUT2D eigenvalue weighted by Crippen LogP contribution is 2.63. The smallest absolute Gasteiger partial charge is 0.253 e. The molecular formula is C39H53FN2O4. The number of nitrogens with zero attached hydrogens (tertiary/aromatic N) is 1. The average Bonchev–Trinajstić information content (AvgIpc) is 3.33. The maximum absolute atomic E-state index is 16.1. The van der Waals surface area contributed by atoms with Crippen LogP contribution in [-0.4, -0.2) is 52.3 Å². The highest BCUT2D eigenvalue weighted by atomic mass is 19.1. The van der Waals surface area contributed by atoms with Crippen molar-refractivity contribution in [3.05, 3.63) is 59.2 Å². The first-order valence-electron chi connectivity index (χ1n) is 17.9. The number of nitrogens with one attached hydrogen (secondary N) is 1. The van der Waals surface area contributed by atoms with Crippen molar-refractivity contribution in [2.75, 3.05) is 18.4 Å². The number of aromatic hydroxyl groups is 1. The number of benzene rings is 2. The number of halogens is 1. The highest BCUT2D eigenvalue weighted by molar-refractivity contribution is 5.95. The lowest BCUT2D eigenvalue weighted by Gasteiger charge is -2.54. The van der Waals surface area contributed by atoms with E-state index in [4.69, 9.17) is 0 Å². The van der Waals surface area contributed by atoms with Crippen LogP contribution in [0, 0.1) is 29.1 Å². The minimum atomic E-state index is -0.989. The summed E-state index contributed by atoms with van der Waals surface area (Å²) in [5.41, 5.74) is 3.13. The summed E-state index contributed by atoms with van der Waals surface area (Å²) >= 11 is 0. The summed E-state index contributed by atoms with van der Waals surface area (Å²) in [6.45, 7) is 5.10. The molecule has 3 saturated carbocycles. The van der Waals surface area contributed by atoms with Gasteiger partial charge in [0.15, 0.2) is 0 Å². The van der Waals surface area contributed by atoms with Gasteiger partial charge in [-0.1, -0.05) is 45.1 Å². The summed E-state index contributed by atoms with van der Waals surface area (Å²) in [6, 6.07) is 12.7. The van der Waals surface area contributed by atoms with E-state index in [1.807, 2.05) is 24.3 Å². The number of hydrogen-bond acceptors (Lipinski definition) is 4. The number of phenols is 1. The van der Waals surface area contributed by atoms with Crippen molar-refractivity contribution in [1.29, 1.82) is 0 Å². The van der Waals surface area contributed by atoms with Gasteiger partial charge in [0, 0.05) is 37.2 Å². The third-order valence-corrected chi connectivity index (χ3v) is 12.2. The van der Waals surface area contributed by atoms with Crippen LogP contribution in [0.5, 0.6) is 5.75 Å². The molecule has 7 atom stereocenters. The number of fused-ring (bicyclic) bond motifs is 5. The normalized spacial score (nSPS) is 30.6. The first kappa shape index (κ1) is 33.0. The summed E-state index contributed by atoms with van der Waals surface area (Å²) in [5, 5.41) is 24.0. The molecule has 4 aliphatic carbocycles. The zero-order chi connectivity index (χ0) is 32.4. The molecule has 3 fully saturated rings. The quantitative estimate of drug-likeness (QED) is 0.232. The Kier molecular flexibility index (Phi) is 10.1. The van der Waals surface area contributed by atoms with E-state index in [1.54, 1.807) is 18.2 Å². The molecule has 0 aromatic heterocycles. The van der Waals surface area contributed by atoms with E-state index >= 15 is 4.39 Å². The van der Waals surface area contributed by atoms with Crippen LogP contribution < -0.4 is 5.32 Å². The molecule has 6 nitrogen and oxygen atoms in total. The number of carbonyl (C=O) groups is 2. The molecule has 250 valence electrons. The van der Waals surface area contributed by atoms with Crippen molar-refractivity contribution >= 4 is 17.5 Å². The fourth-order valence-electron chi connectivity index (χ4n) is 9.96. The molecule has 2 aromatic carbocycles. The van der Waals surface area contributed by atoms with Gasteiger partial charge in [-0.15, -0.1) is 0 Å². The molecule has 0 unspecified atom stereocenters. The van der Waals surface area contributed by atoms with E-state index in [0.717, 1.165) is 69.2 Å². The number of alkyl halides is 1. The van der Waals surface area contributed by atoms with E-state index < -0.39 is 12.3 Å². The molecule has 4 aliphatic rings. The number of amides is 2. The number of aliphatic hydroxyl groups is 1. The second-order valence-electron chi connectivity index (χ2n) is 15.2. The van der Waals surface area contributed by atoms with Crippen LogP contribution >= 0.6 is 0 Å². The van der Waals surface area contributed by atoms with Crippen molar-refractivity contribution in [2.45, 2.75) is 116 Å². The van der Waals surface area contributed by atoms with Crippen LogP contribution in [0.4, 0.5) is 10.1 Å². The molecule has 7 heteroatoms. The predicted octanol–water partition coefficient (Wildman–Crippen LogP) is 8.02. The molecule has 3 N–H and O–H groups in total. The summed E-state index contributed by atoms with van der Waals surface area (Å²) < 4.78 is 16.1. The van der Waals surface area contributed by atoms with Crippen LogP contribution in [0.25, 0.3) is 0 Å². The number of rotatable bonds is 10. The van der Waals surface area contributed by atoms with Gasteiger partial charge in [-0.2, -0.15) is 0 Å². The Morgan fingerprint density at radius 3 is 2.50 bits per heavy atom. The predicted molar refractivity (Wildman–Crippen MR) is 180 cm³/mol. The summed E-state index contributed by atoms with van der Waals surface area (Å²) in [7, 11) is 0. The van der Waals surface area contributed by atoms with Crippen LogP contribution in [0.3, 0.4) is 0 Å². The molecular weight excluding hydrogens is 579 g/mol. The Balaban J connectivity index is 1.11. The maximum Gasteiger partial charge on any atom is 0.253 e. The molecule has 0 saturated heterocycles. The molecule has 0 aliphatic heterocycles. The van der Waals surface area contributed by atoms with Gasteiger partial charge in [-0.3, -0.25) is 9.59 Å². The van der Waals surface area contributed by atoms with Gasteiger partial charge < -0.3 is 20.4 Å². The van der Waals surface area contributed by atoms with Crippen molar-refractivity contribution in [3.8, 4) is 5.75 Å². The van der Waals surface area contributed by atoms with Gasteiger partial charge >= 0.3 is 0 Å². The maximum atomic E-state index is 16.1. The van der Waals surface area contributed by atoms with Crippen molar-refractivity contribution < 1.29 is 24.2 Å². The molecule has 0 bridgehead atoms. The van der Waals surface area contributed by atoms with E-state index in [0.29, 0.717) is 35.4 Å².